The van der Waals surface area contributed by atoms with Gasteiger partial charge in [0.1, 0.15) is 0 Å². The Hall–Kier alpha value is -8.16. The van der Waals surface area contributed by atoms with Crippen LogP contribution in [0.1, 0.15) is 96.3 Å². The van der Waals surface area contributed by atoms with Crippen LogP contribution in [-0.4, -0.2) is 81.7 Å². The van der Waals surface area contributed by atoms with E-state index in [1.807, 2.05) is 110 Å². The Kier molecular flexibility index (Phi) is 14.6. The van der Waals surface area contributed by atoms with Gasteiger partial charge in [-0.25, -0.2) is 0 Å². The first-order valence-electron chi connectivity index (χ1n) is 27.2. The lowest BCUT2D eigenvalue weighted by molar-refractivity contribution is 0.0914. The molecule has 3 aliphatic heterocycles. The standard InChI is InChI=1S/C65H63N9O3/c75-63(51-12-15-54-35-66-24-18-46(54)32-51)70-60(45-8-2-1-3-9-45)58-22-28-73(41-58)40-44-7-5-11-50(31-44)62(72-65(77)53-14-17-56-37-68-26-20-48(56)34-53)59-23-29-74(42-59)39-43-6-4-10-49(30-43)61(57-21-27-69-38-57)71-64(76)52-13-16-55-36-67-25-19-47(55)33-52/h1-20,24-26,30-37,57-62,69H,21-23,27-29,38-42H2,(H,70,75)(H,71,76)(H,72,77)/t57-,58-,59-,60-,61+,62+/m1/s1. The average Bonchev–Trinajstić information content (AvgIpc) is 4.30. The Labute approximate surface area is 449 Å². The second kappa shape index (κ2) is 22.6. The van der Waals surface area contributed by atoms with Crippen molar-refractivity contribution in [3.63, 3.8) is 0 Å². The number of carbonyl (C=O) groups is 3. The molecule has 12 heteroatoms. The largest absolute Gasteiger partial charge is 0.345 e. The predicted molar refractivity (Wildman–Crippen MR) is 303 cm³/mol. The van der Waals surface area contributed by atoms with Crippen LogP contribution in [0.4, 0.5) is 0 Å². The molecule has 4 N–H and O–H groups in total. The van der Waals surface area contributed by atoms with Gasteiger partial charge in [0.2, 0.25) is 0 Å². The van der Waals surface area contributed by atoms with Crippen LogP contribution in [0.3, 0.4) is 0 Å². The second-order valence-corrected chi connectivity index (χ2v) is 21.4. The van der Waals surface area contributed by atoms with Crippen LogP contribution < -0.4 is 21.3 Å². The van der Waals surface area contributed by atoms with Crippen molar-refractivity contribution in [2.75, 3.05) is 39.3 Å². The molecule has 3 saturated heterocycles. The number of hydrogen-bond acceptors (Lipinski definition) is 9. The SMILES string of the molecule is O=C(N[C@H](c1ccccc1)[C@@H]1CCN(Cc2cccc([C@H](NC(=O)c3ccc4cnccc4c3)[C@@H]3CCN(Cc4cccc([C@H](NC(=O)c5ccc6cnccc6c5)[C@@H]5CCNC5)c4)C3)c2)C1)c1ccc2cnccc2c1. The van der Waals surface area contributed by atoms with E-state index in [0.29, 0.717) is 16.7 Å². The van der Waals surface area contributed by atoms with Crippen molar-refractivity contribution in [1.82, 2.24) is 46.0 Å². The van der Waals surface area contributed by atoms with Crippen molar-refractivity contribution < 1.29 is 14.4 Å². The molecule has 0 spiro atoms. The monoisotopic (exact) mass is 1020 g/mol. The number of carbonyl (C=O) groups excluding carboxylic acids is 3. The first-order chi connectivity index (χ1) is 37.8. The van der Waals surface area contributed by atoms with Gasteiger partial charge >= 0.3 is 0 Å². The van der Waals surface area contributed by atoms with Crippen molar-refractivity contribution in [1.29, 1.82) is 0 Å². The summed E-state index contributed by atoms with van der Waals surface area (Å²) >= 11 is 0. The van der Waals surface area contributed by atoms with Crippen LogP contribution in [0.2, 0.25) is 0 Å². The van der Waals surface area contributed by atoms with E-state index in [-0.39, 0.29) is 53.6 Å². The van der Waals surface area contributed by atoms with Gasteiger partial charge in [0.05, 0.1) is 18.1 Å². The summed E-state index contributed by atoms with van der Waals surface area (Å²) in [6, 6.07) is 50.6. The smallest absolute Gasteiger partial charge is 0.251 e. The maximum Gasteiger partial charge on any atom is 0.251 e. The normalized spacial score (nSPS) is 19.0. The molecule has 0 saturated carbocycles. The van der Waals surface area contributed by atoms with Crippen molar-refractivity contribution in [2.24, 2.45) is 17.8 Å². The summed E-state index contributed by atoms with van der Waals surface area (Å²) in [5.74, 6) is 0.367. The third-order valence-electron chi connectivity index (χ3n) is 16.3. The van der Waals surface area contributed by atoms with Gasteiger partial charge in [-0.15, -0.1) is 0 Å². The molecule has 3 fully saturated rings. The van der Waals surface area contributed by atoms with Gasteiger partial charge in [0.15, 0.2) is 0 Å². The van der Waals surface area contributed by atoms with Gasteiger partial charge in [-0.1, -0.05) is 97.1 Å². The highest BCUT2D eigenvalue weighted by Crippen LogP contribution is 2.36. The van der Waals surface area contributed by atoms with Crippen LogP contribution in [-0.2, 0) is 13.1 Å². The lowest BCUT2D eigenvalue weighted by Crippen LogP contribution is -2.35. The summed E-state index contributed by atoms with van der Waals surface area (Å²) in [4.78, 5) is 60.1. The summed E-state index contributed by atoms with van der Waals surface area (Å²) in [6.07, 6.45) is 13.6. The topological polar surface area (TPSA) is 144 Å². The number of pyridine rings is 3. The number of nitrogens with one attached hydrogen (secondary N) is 4. The van der Waals surface area contributed by atoms with Crippen LogP contribution in [0.25, 0.3) is 32.3 Å². The zero-order valence-corrected chi connectivity index (χ0v) is 43.1. The third-order valence-corrected chi connectivity index (χ3v) is 16.3. The zero-order valence-electron chi connectivity index (χ0n) is 43.1. The average molecular weight is 1020 g/mol. The van der Waals surface area contributed by atoms with E-state index < -0.39 is 0 Å². The fraction of sp³-hybridized carbons (Fsp3) is 0.262. The Morgan fingerprint density at radius 2 is 0.883 bits per heavy atom. The number of fused-ring (bicyclic) bond motifs is 3. The molecule has 9 aromatic rings. The minimum absolute atomic E-state index is 0.0790. The second-order valence-electron chi connectivity index (χ2n) is 21.4. The van der Waals surface area contributed by atoms with Crippen LogP contribution in [0.15, 0.2) is 189 Å². The van der Waals surface area contributed by atoms with Crippen molar-refractivity contribution >= 4 is 50.0 Å². The molecule has 6 atom stereocenters. The number of aromatic nitrogens is 3. The Morgan fingerprint density at radius 3 is 1.32 bits per heavy atom. The molecule has 0 unspecified atom stereocenters. The number of rotatable bonds is 16. The van der Waals surface area contributed by atoms with Gasteiger partial charge in [-0.2, -0.15) is 0 Å². The summed E-state index contributed by atoms with van der Waals surface area (Å²) in [5.41, 5.74) is 7.59. The van der Waals surface area contributed by atoms with Gasteiger partial charge in [0.25, 0.3) is 17.7 Å². The van der Waals surface area contributed by atoms with Gasteiger partial charge in [-0.05, 0) is 155 Å². The van der Waals surface area contributed by atoms with E-state index in [4.69, 9.17) is 0 Å². The van der Waals surface area contributed by atoms with Crippen molar-refractivity contribution in [3.05, 3.63) is 233 Å². The summed E-state index contributed by atoms with van der Waals surface area (Å²) in [6.45, 7) is 6.71. The molecule has 0 radical (unpaired) electrons. The summed E-state index contributed by atoms with van der Waals surface area (Å²) in [5, 5.41) is 19.9. The quantitative estimate of drug-likeness (QED) is 0.0744. The van der Waals surface area contributed by atoms with E-state index in [0.717, 1.165) is 121 Å². The number of benzene rings is 6. The summed E-state index contributed by atoms with van der Waals surface area (Å²) in [7, 11) is 0. The number of nitrogens with zero attached hydrogens (tertiary/aromatic N) is 5. The molecule has 3 aliphatic rings. The number of hydrogen-bond donors (Lipinski definition) is 4. The molecule has 3 amide bonds. The van der Waals surface area contributed by atoms with Crippen molar-refractivity contribution in [3.8, 4) is 0 Å². The molecule has 386 valence electrons. The fourth-order valence-electron chi connectivity index (χ4n) is 12.2. The van der Waals surface area contributed by atoms with E-state index >= 15 is 0 Å². The molecule has 0 bridgehead atoms. The highest BCUT2D eigenvalue weighted by Gasteiger charge is 2.35. The Balaban J connectivity index is 0.758. The zero-order chi connectivity index (χ0) is 52.1. The number of amides is 3. The maximum atomic E-state index is 14.4. The first-order valence-corrected chi connectivity index (χ1v) is 27.2. The minimum Gasteiger partial charge on any atom is -0.345 e. The van der Waals surface area contributed by atoms with Crippen LogP contribution in [0.5, 0.6) is 0 Å². The number of likely N-dealkylation sites (tertiary alicyclic amines) is 2. The first kappa shape index (κ1) is 49.7. The van der Waals surface area contributed by atoms with Crippen LogP contribution in [0, 0.1) is 17.8 Å². The minimum atomic E-state index is -0.233. The van der Waals surface area contributed by atoms with Crippen molar-refractivity contribution in [2.45, 2.75) is 50.5 Å². The van der Waals surface area contributed by atoms with E-state index in [1.165, 1.54) is 11.1 Å². The van der Waals surface area contributed by atoms with Gasteiger partial charge in [-0.3, -0.25) is 39.1 Å². The fourth-order valence-corrected chi connectivity index (χ4v) is 12.2. The molecule has 77 heavy (non-hydrogen) atoms. The van der Waals surface area contributed by atoms with E-state index in [1.54, 1.807) is 18.6 Å². The van der Waals surface area contributed by atoms with Crippen LogP contribution >= 0.6 is 0 Å². The Morgan fingerprint density at radius 1 is 0.455 bits per heavy atom. The molecule has 6 aromatic carbocycles. The lowest BCUT2D eigenvalue weighted by Gasteiger charge is -2.28. The highest BCUT2D eigenvalue weighted by molar-refractivity contribution is 6.00. The summed E-state index contributed by atoms with van der Waals surface area (Å²) < 4.78 is 0. The highest BCUT2D eigenvalue weighted by atomic mass is 16.2. The van der Waals surface area contributed by atoms with E-state index in [2.05, 4.69) is 107 Å². The van der Waals surface area contributed by atoms with Gasteiger partial charge < -0.3 is 21.3 Å². The molecule has 12 nitrogen and oxygen atoms in total. The predicted octanol–water partition coefficient (Wildman–Crippen LogP) is 10.4. The lowest BCUT2D eigenvalue weighted by atomic mass is 9.90. The molecule has 0 aliphatic carbocycles. The molecule has 12 rings (SSSR count). The molecular weight excluding hydrogens is 955 g/mol. The van der Waals surface area contributed by atoms with E-state index in [9.17, 15) is 14.4 Å². The Bertz CT molecular complexity index is 3580. The van der Waals surface area contributed by atoms with Gasteiger partial charge in [0, 0.05) is 103 Å². The third kappa shape index (κ3) is 11.4. The molecule has 3 aromatic heterocycles. The molecule has 6 heterocycles. The maximum absolute atomic E-state index is 14.4. The molecular formula is C65H63N9O3.